The number of ether oxygens (including phenoxy) is 9. The first-order valence-corrected chi connectivity index (χ1v) is 27.0. The highest BCUT2D eigenvalue weighted by Crippen LogP contribution is 2.65. The quantitative estimate of drug-likeness (QED) is 0.0391. The summed E-state index contributed by atoms with van der Waals surface area (Å²) < 4.78 is 53.6. The molecule has 82 heavy (non-hydrogen) atoms. The molecule has 3 N–H and O–H groups in total. The van der Waals surface area contributed by atoms with Crippen molar-refractivity contribution in [3.05, 3.63) is 144 Å². The lowest BCUT2D eigenvalue weighted by molar-refractivity contribution is -0.345. The maximum atomic E-state index is 16.4. The van der Waals surface area contributed by atoms with Crippen LogP contribution in [-0.2, 0) is 66.6 Å². The molecule has 21 nitrogen and oxygen atoms in total. The fourth-order valence-corrected chi connectivity index (χ4v) is 11.9. The average molecular weight is 1140 g/mol. The third kappa shape index (κ3) is 12.8. The zero-order valence-electron chi connectivity index (χ0n) is 46.7. The van der Waals surface area contributed by atoms with Crippen molar-refractivity contribution >= 4 is 53.8 Å². The Morgan fingerprint density at radius 2 is 1.40 bits per heavy atom. The normalized spacial score (nSPS) is 26.5. The molecule has 2 bridgehead atoms. The van der Waals surface area contributed by atoms with E-state index in [-0.39, 0.29) is 60.4 Å². The lowest BCUT2D eigenvalue weighted by Gasteiger charge is -2.67. The summed E-state index contributed by atoms with van der Waals surface area (Å²) in [6.45, 7) is 14.6. The summed E-state index contributed by atoms with van der Waals surface area (Å²) in [6, 6.07) is 22.3. The highest BCUT2D eigenvalue weighted by atomic mass is 16.7. The van der Waals surface area contributed by atoms with Crippen molar-refractivity contribution in [1.29, 1.82) is 0 Å². The van der Waals surface area contributed by atoms with Crippen LogP contribution in [0.4, 0.5) is 9.59 Å². The highest BCUT2D eigenvalue weighted by Gasteiger charge is 2.79. The first kappa shape index (κ1) is 61.4. The second kappa shape index (κ2) is 26.2. The summed E-state index contributed by atoms with van der Waals surface area (Å²) in [6.07, 6.45) is -9.51. The van der Waals surface area contributed by atoms with Crippen LogP contribution in [0.1, 0.15) is 112 Å². The Balaban J connectivity index is 1.38. The van der Waals surface area contributed by atoms with Crippen LogP contribution in [0.15, 0.2) is 127 Å². The van der Waals surface area contributed by atoms with Gasteiger partial charge in [-0.3, -0.25) is 24.0 Å². The Bertz CT molecular complexity index is 2930. The van der Waals surface area contributed by atoms with Crippen molar-refractivity contribution in [2.24, 2.45) is 16.7 Å². The predicted octanol–water partition coefficient (Wildman–Crippen LogP) is 7.11. The zero-order valence-corrected chi connectivity index (χ0v) is 46.7. The van der Waals surface area contributed by atoms with Crippen LogP contribution in [-0.4, -0.2) is 133 Å². The zero-order chi connectivity index (χ0) is 59.6. The molecule has 21 heteroatoms. The Morgan fingerprint density at radius 1 is 0.780 bits per heavy atom. The van der Waals surface area contributed by atoms with Crippen LogP contribution >= 0.6 is 0 Å². The number of carbonyl (C=O) groups excluding carboxylic acids is 9. The first-order valence-electron chi connectivity index (χ1n) is 27.0. The molecule has 1 aliphatic heterocycles. The lowest BCUT2D eigenvalue weighted by atomic mass is 9.44. The molecule has 4 unspecified atom stereocenters. The van der Waals surface area contributed by atoms with Crippen LogP contribution in [0, 0.1) is 16.7 Å². The number of carbonyl (C=O) groups is 9. The first-order chi connectivity index (χ1) is 39.0. The number of Topliss-reactive ketones (excluding diaryl/α,β-unsaturated/α-hetero) is 1. The molecule has 438 valence electrons. The minimum Gasteiger partial charge on any atom is -0.461 e. The molecule has 1 saturated heterocycles. The van der Waals surface area contributed by atoms with Gasteiger partial charge in [0.05, 0.1) is 23.5 Å². The number of fused-ring (bicyclic) bond motifs is 5. The van der Waals surface area contributed by atoms with E-state index < -0.39 is 137 Å². The van der Waals surface area contributed by atoms with E-state index >= 15 is 9.59 Å². The summed E-state index contributed by atoms with van der Waals surface area (Å²) in [4.78, 5) is 127. The van der Waals surface area contributed by atoms with Gasteiger partial charge in [0.2, 0.25) is 6.10 Å². The number of amides is 2. The van der Waals surface area contributed by atoms with E-state index in [0.29, 0.717) is 19.3 Å². The van der Waals surface area contributed by atoms with E-state index in [4.69, 9.17) is 42.6 Å². The molecule has 0 spiro atoms. The Labute approximate surface area is 475 Å². The van der Waals surface area contributed by atoms with Gasteiger partial charge in [0, 0.05) is 50.6 Å². The van der Waals surface area contributed by atoms with Crippen LogP contribution in [0.2, 0.25) is 0 Å². The largest absolute Gasteiger partial charge is 0.509 e. The maximum Gasteiger partial charge on any atom is 0.509 e. The molecule has 4 aliphatic rings. The summed E-state index contributed by atoms with van der Waals surface area (Å²) in [7, 11) is 0. The van der Waals surface area contributed by atoms with Gasteiger partial charge in [-0.1, -0.05) is 112 Å². The monoisotopic (exact) mass is 1130 g/mol. The Hall–Kier alpha value is -8.17. The molecular formula is C61H70N2O19. The third-order valence-electron chi connectivity index (χ3n) is 15.9. The van der Waals surface area contributed by atoms with Crippen LogP contribution in [0.3, 0.4) is 0 Å². The molecule has 0 radical (unpaired) electrons. The molecule has 0 aromatic heterocycles. The third-order valence-corrected chi connectivity index (χ3v) is 15.9. The number of rotatable bonds is 22. The number of alkyl carbamates (subject to hydrolysis) is 1. The van der Waals surface area contributed by atoms with Gasteiger partial charge in [-0.05, 0) is 67.7 Å². The molecule has 7 rings (SSSR count). The van der Waals surface area contributed by atoms with Crippen molar-refractivity contribution in [2.75, 3.05) is 26.4 Å². The molecule has 3 aliphatic carbocycles. The maximum absolute atomic E-state index is 16.4. The molecule has 2 saturated carbocycles. The molecule has 3 fully saturated rings. The number of esters is 5. The summed E-state index contributed by atoms with van der Waals surface area (Å²) in [5.41, 5.74) is -8.14. The van der Waals surface area contributed by atoms with E-state index in [2.05, 4.69) is 23.8 Å². The van der Waals surface area contributed by atoms with Gasteiger partial charge in [-0.25, -0.2) is 19.2 Å². The second-order valence-corrected chi connectivity index (χ2v) is 21.4. The van der Waals surface area contributed by atoms with Gasteiger partial charge < -0.3 is 58.4 Å². The number of nitrogens with one attached hydrogen (secondary N) is 2. The van der Waals surface area contributed by atoms with Crippen molar-refractivity contribution < 1.29 is 90.9 Å². The van der Waals surface area contributed by atoms with E-state index in [9.17, 15) is 38.7 Å². The summed E-state index contributed by atoms with van der Waals surface area (Å²) in [5.74, 6) is -7.90. The number of benzene rings is 3. The summed E-state index contributed by atoms with van der Waals surface area (Å²) in [5, 5.41) is 19.7. The summed E-state index contributed by atoms with van der Waals surface area (Å²) >= 11 is 0. The van der Waals surface area contributed by atoms with E-state index in [1.165, 1.54) is 64.1 Å². The van der Waals surface area contributed by atoms with Gasteiger partial charge in [0.15, 0.2) is 17.5 Å². The topological polar surface area (TPSA) is 281 Å². The van der Waals surface area contributed by atoms with Crippen LogP contribution < -0.4 is 10.6 Å². The van der Waals surface area contributed by atoms with Gasteiger partial charge in [0.25, 0.3) is 5.91 Å². The molecule has 3 aromatic carbocycles. The smallest absolute Gasteiger partial charge is 0.461 e. The number of hydrogen-bond acceptors (Lipinski definition) is 19. The molecule has 11 atom stereocenters. The number of ketones is 1. The fraction of sp³-hybridized carbons (Fsp3) is 0.459. The average Bonchev–Trinajstić information content (AvgIpc) is 0.907. The standard InChI is InChI=1S/C61H70N2O19/c1-9-31-74-45(66)29-21-14-22-30-62-56(71)79-43-33-44-60(35-76-44,82-38(5)65)50-52(81-54(69)41-27-19-13-20-28-41)61(73)34-42(36(3)46(58(61,6)7)48(77-37(4)64)51(67)59(43,50)8)78-55(70)49(80-57(72)75-32-10-2)47(39-23-15-11-16-24-39)63-53(68)40-25-17-12-18-26-40/h9-13,15-20,23-28,42-44,47-50,52,73H,1-2,14,21-22,29-35H2,3-8H3,(H,62,71)(H,63,68)/t42-,43-,44?,47+,48?,49+,50?,52?,59+,60-,61+/m0/s1. The minimum atomic E-state index is -2.57. The van der Waals surface area contributed by atoms with Crippen molar-refractivity contribution in [3.8, 4) is 0 Å². The predicted molar refractivity (Wildman–Crippen MR) is 290 cm³/mol. The molecule has 2 amide bonds. The number of aliphatic hydroxyl groups is 1. The molecular weight excluding hydrogens is 1060 g/mol. The van der Waals surface area contributed by atoms with Crippen molar-refractivity contribution in [2.45, 2.75) is 134 Å². The fourth-order valence-electron chi connectivity index (χ4n) is 11.9. The van der Waals surface area contributed by atoms with Crippen molar-refractivity contribution in [1.82, 2.24) is 10.6 Å². The SMILES string of the molecule is C=CCOC(=O)CCCCCNC(=O)O[C@H]1CC2OC[C@@]2(OC(C)=O)C2C(OC(=O)c3ccccc3)[C@]3(O)C[C@H](OC(=O)[C@H](OC(=O)OCC=C)[C@H](NC(=O)c4ccccc4)c4ccccc4)C(C)=C(C(OC(C)=O)C(=O)[C@@]21C)C3(C)C. The molecule has 1 heterocycles. The number of unbranched alkanes of at least 4 members (excludes halogenated alkanes) is 2. The van der Waals surface area contributed by atoms with E-state index in [1.54, 1.807) is 66.7 Å². The second-order valence-electron chi connectivity index (χ2n) is 21.4. The Kier molecular flexibility index (Phi) is 19.6. The van der Waals surface area contributed by atoms with Gasteiger partial charge >= 0.3 is 42.1 Å². The van der Waals surface area contributed by atoms with Gasteiger partial charge in [-0.15, -0.1) is 0 Å². The van der Waals surface area contributed by atoms with Crippen LogP contribution in [0.25, 0.3) is 0 Å². The Morgan fingerprint density at radius 3 is 2.00 bits per heavy atom. The van der Waals surface area contributed by atoms with Gasteiger partial charge in [-0.2, -0.15) is 0 Å². The minimum absolute atomic E-state index is 0.00468. The highest BCUT2D eigenvalue weighted by molar-refractivity contribution is 5.97. The van der Waals surface area contributed by atoms with Crippen molar-refractivity contribution in [3.63, 3.8) is 0 Å². The van der Waals surface area contributed by atoms with Gasteiger partial charge in [0.1, 0.15) is 49.3 Å². The van der Waals surface area contributed by atoms with E-state index in [1.807, 2.05) is 0 Å². The van der Waals surface area contributed by atoms with E-state index in [0.717, 1.165) is 13.8 Å². The lowest BCUT2D eigenvalue weighted by Crippen LogP contribution is -2.82. The molecule has 3 aromatic rings. The number of hydrogen-bond donors (Lipinski definition) is 3. The van der Waals surface area contributed by atoms with Crippen LogP contribution in [0.5, 0.6) is 0 Å².